The highest BCUT2D eigenvalue weighted by atomic mass is 16.5. The van der Waals surface area contributed by atoms with E-state index in [0.29, 0.717) is 0 Å². The first kappa shape index (κ1) is 20.2. The Morgan fingerprint density at radius 3 is 1.89 bits per heavy atom. The van der Waals surface area contributed by atoms with Crippen LogP contribution < -0.4 is 0 Å². The Bertz CT molecular complexity index is 136. The maximum Gasteiger partial charge on any atom is 0.0495 e. The van der Waals surface area contributed by atoms with Crippen molar-refractivity contribution < 1.29 is 4.74 Å². The van der Waals surface area contributed by atoms with Crippen molar-refractivity contribution >= 4 is 0 Å². The summed E-state index contributed by atoms with van der Waals surface area (Å²) in [6, 6.07) is 0. The molecule has 2 unspecified atom stereocenters. The monoisotopic (exact) mass is 259 g/mol. The molecular weight excluding hydrogens is 222 g/mol. The Balaban J connectivity index is 0. The Labute approximate surface area is 116 Å². The molecule has 2 fully saturated rings. The average Bonchev–Trinajstić information content (AvgIpc) is 3.06. The van der Waals surface area contributed by atoms with Crippen LogP contribution in [0.1, 0.15) is 60.8 Å². The van der Waals surface area contributed by atoms with E-state index in [1.54, 1.807) is 0 Å². The predicted octanol–water partition coefficient (Wildman–Crippen LogP) is 4.44. The summed E-state index contributed by atoms with van der Waals surface area (Å²) in [7, 11) is 2.18. The lowest BCUT2D eigenvalue weighted by Gasteiger charge is -2.03. The highest BCUT2D eigenvalue weighted by Crippen LogP contribution is 2.14. The summed E-state index contributed by atoms with van der Waals surface area (Å²) in [5, 5.41) is 0. The van der Waals surface area contributed by atoms with E-state index < -0.39 is 0 Å². The summed E-state index contributed by atoms with van der Waals surface area (Å²) in [6.07, 6.45) is 3.98. The average molecular weight is 259 g/mol. The van der Waals surface area contributed by atoms with Crippen molar-refractivity contribution in [3.8, 4) is 0 Å². The van der Waals surface area contributed by atoms with Gasteiger partial charge in [-0.1, -0.05) is 48.0 Å². The molecule has 2 aliphatic rings. The first-order chi connectivity index (χ1) is 8.72. The summed E-state index contributed by atoms with van der Waals surface area (Å²) in [6.45, 7) is 17.2. The summed E-state index contributed by atoms with van der Waals surface area (Å²) >= 11 is 0. The molecule has 0 amide bonds. The largest absolute Gasteiger partial charge is 0.381 e. The number of likely N-dealkylation sites (tertiary alicyclic amines) is 1. The van der Waals surface area contributed by atoms with Gasteiger partial charge in [-0.3, -0.25) is 0 Å². The van der Waals surface area contributed by atoms with Gasteiger partial charge >= 0.3 is 0 Å². The van der Waals surface area contributed by atoms with Crippen molar-refractivity contribution in [3.05, 3.63) is 0 Å². The van der Waals surface area contributed by atoms with E-state index in [-0.39, 0.29) is 0 Å². The van der Waals surface area contributed by atoms with E-state index in [2.05, 4.69) is 25.8 Å². The molecule has 0 aliphatic carbocycles. The molecule has 112 valence electrons. The van der Waals surface area contributed by atoms with Gasteiger partial charge in [0.15, 0.2) is 0 Å². The Morgan fingerprint density at radius 2 is 1.72 bits per heavy atom. The molecule has 2 saturated heterocycles. The van der Waals surface area contributed by atoms with Crippen molar-refractivity contribution in [3.63, 3.8) is 0 Å². The van der Waals surface area contributed by atoms with Gasteiger partial charge in [0.1, 0.15) is 0 Å². The van der Waals surface area contributed by atoms with Gasteiger partial charge in [-0.05, 0) is 38.3 Å². The lowest BCUT2D eigenvalue weighted by atomic mass is 10.1. The molecule has 2 aliphatic heterocycles. The van der Waals surface area contributed by atoms with E-state index in [9.17, 15) is 0 Å². The number of rotatable bonds is 1. The standard InChI is InChI=1S/C6H13N.C6H12O.2C2H6/c1-6-3-4-7(2)5-6;1-2-6-3-4-7-5-6;2*1-2/h6H,3-5H2,1-2H3;6H,2-5H2,1H3;2*1-2H3. The smallest absolute Gasteiger partial charge is 0.0495 e. The van der Waals surface area contributed by atoms with Gasteiger partial charge in [0.25, 0.3) is 0 Å². The zero-order valence-electron chi connectivity index (χ0n) is 14.0. The fourth-order valence-electron chi connectivity index (χ4n) is 2.06. The fraction of sp³-hybridized carbons (Fsp3) is 1.00. The minimum atomic E-state index is 0.875. The van der Waals surface area contributed by atoms with Crippen molar-refractivity contribution in [1.82, 2.24) is 4.90 Å². The lowest BCUT2D eigenvalue weighted by molar-refractivity contribution is 0.185. The molecule has 2 atom stereocenters. The third kappa shape index (κ3) is 11.0. The van der Waals surface area contributed by atoms with Crippen LogP contribution in [0.5, 0.6) is 0 Å². The second-order valence-corrected chi connectivity index (χ2v) is 4.79. The van der Waals surface area contributed by atoms with Crippen molar-refractivity contribution in [2.45, 2.75) is 60.8 Å². The molecule has 2 nitrogen and oxygen atoms in total. The minimum absolute atomic E-state index is 0.875. The quantitative estimate of drug-likeness (QED) is 0.690. The van der Waals surface area contributed by atoms with Gasteiger partial charge in [-0.2, -0.15) is 0 Å². The second-order valence-electron chi connectivity index (χ2n) is 4.79. The maximum atomic E-state index is 5.15. The zero-order chi connectivity index (χ0) is 14.4. The molecule has 2 rings (SSSR count). The van der Waals surface area contributed by atoms with E-state index >= 15 is 0 Å². The van der Waals surface area contributed by atoms with Crippen LogP contribution in [0.25, 0.3) is 0 Å². The van der Waals surface area contributed by atoms with Crippen LogP contribution >= 0.6 is 0 Å². The second kappa shape index (κ2) is 15.0. The Morgan fingerprint density at radius 1 is 1.11 bits per heavy atom. The van der Waals surface area contributed by atoms with Crippen LogP contribution in [0.15, 0.2) is 0 Å². The molecular formula is C16H37NO. The normalized spacial score (nSPS) is 26.2. The number of hydrogen-bond donors (Lipinski definition) is 0. The minimum Gasteiger partial charge on any atom is -0.381 e. The zero-order valence-corrected chi connectivity index (χ0v) is 14.0. The number of hydrogen-bond acceptors (Lipinski definition) is 2. The van der Waals surface area contributed by atoms with Gasteiger partial charge in [0, 0.05) is 19.8 Å². The van der Waals surface area contributed by atoms with Crippen LogP contribution in [0.3, 0.4) is 0 Å². The summed E-state index contributed by atoms with van der Waals surface area (Å²) in [4.78, 5) is 2.38. The van der Waals surface area contributed by atoms with Crippen LogP contribution in [0.2, 0.25) is 0 Å². The summed E-state index contributed by atoms with van der Waals surface area (Å²) in [5.74, 6) is 1.82. The van der Waals surface area contributed by atoms with E-state index in [1.165, 1.54) is 32.4 Å². The van der Waals surface area contributed by atoms with Gasteiger partial charge in [0.2, 0.25) is 0 Å². The molecule has 0 radical (unpaired) electrons. The molecule has 0 aromatic heterocycles. The van der Waals surface area contributed by atoms with E-state index in [1.807, 2.05) is 27.7 Å². The third-order valence-electron chi connectivity index (χ3n) is 3.23. The fourth-order valence-corrected chi connectivity index (χ4v) is 2.06. The summed E-state index contributed by atoms with van der Waals surface area (Å²) in [5.41, 5.74) is 0. The Hall–Kier alpha value is -0.0800. The molecule has 2 heterocycles. The van der Waals surface area contributed by atoms with Gasteiger partial charge in [-0.25, -0.2) is 0 Å². The molecule has 0 spiro atoms. The van der Waals surface area contributed by atoms with Gasteiger partial charge in [-0.15, -0.1) is 0 Å². The maximum absolute atomic E-state index is 5.15. The molecule has 0 aromatic carbocycles. The lowest BCUT2D eigenvalue weighted by Crippen LogP contribution is -2.12. The van der Waals surface area contributed by atoms with Gasteiger partial charge < -0.3 is 9.64 Å². The molecule has 2 heteroatoms. The molecule has 0 N–H and O–H groups in total. The summed E-state index contributed by atoms with van der Waals surface area (Å²) < 4.78 is 5.15. The van der Waals surface area contributed by atoms with Crippen molar-refractivity contribution in [2.75, 3.05) is 33.4 Å². The Kier molecular flexibility index (Phi) is 16.8. The van der Waals surface area contributed by atoms with Gasteiger partial charge in [0.05, 0.1) is 0 Å². The predicted molar refractivity (Wildman–Crippen MR) is 83.2 cm³/mol. The topological polar surface area (TPSA) is 12.5 Å². The van der Waals surface area contributed by atoms with Crippen molar-refractivity contribution in [1.29, 1.82) is 0 Å². The highest BCUT2D eigenvalue weighted by Gasteiger charge is 2.13. The van der Waals surface area contributed by atoms with E-state index in [4.69, 9.17) is 4.74 Å². The van der Waals surface area contributed by atoms with Crippen LogP contribution in [0, 0.1) is 11.8 Å². The molecule has 18 heavy (non-hydrogen) atoms. The SMILES string of the molecule is CC.CC.CC1CCN(C)C1.CCC1CCOC1. The molecule has 0 saturated carbocycles. The van der Waals surface area contributed by atoms with E-state index in [0.717, 1.165) is 25.0 Å². The van der Waals surface area contributed by atoms with Crippen LogP contribution in [0.4, 0.5) is 0 Å². The molecule has 0 aromatic rings. The molecule has 0 bridgehead atoms. The number of ether oxygens (including phenoxy) is 1. The van der Waals surface area contributed by atoms with Crippen molar-refractivity contribution in [2.24, 2.45) is 11.8 Å². The number of nitrogens with zero attached hydrogens (tertiary/aromatic N) is 1. The highest BCUT2D eigenvalue weighted by molar-refractivity contribution is 4.67. The third-order valence-corrected chi connectivity index (χ3v) is 3.23. The first-order valence-corrected chi connectivity index (χ1v) is 7.98. The first-order valence-electron chi connectivity index (χ1n) is 7.98. The van der Waals surface area contributed by atoms with Crippen LogP contribution in [-0.2, 0) is 4.74 Å². The van der Waals surface area contributed by atoms with Crippen LogP contribution in [-0.4, -0.2) is 38.3 Å².